The maximum absolute atomic E-state index is 12.6. The number of methoxy groups -OCH3 is 2. The summed E-state index contributed by atoms with van der Waals surface area (Å²) < 4.78 is 10.6. The first-order valence-electron chi connectivity index (χ1n) is 10.1. The summed E-state index contributed by atoms with van der Waals surface area (Å²) in [5.41, 5.74) is 2.32. The number of nitrogens with one attached hydrogen (secondary N) is 1. The molecule has 1 amide bonds. The van der Waals surface area contributed by atoms with Gasteiger partial charge in [0.25, 0.3) is 0 Å². The number of hydrogen-bond donors (Lipinski definition) is 1. The molecule has 6 heteroatoms. The highest BCUT2D eigenvalue weighted by atomic mass is 16.5. The molecule has 1 aliphatic heterocycles. The lowest BCUT2D eigenvalue weighted by Crippen LogP contribution is -2.53. The fraction of sp³-hybridized carbons (Fsp3) is 0.435. The van der Waals surface area contributed by atoms with Crippen molar-refractivity contribution in [3.63, 3.8) is 0 Å². The molecule has 1 heterocycles. The fourth-order valence-corrected chi connectivity index (χ4v) is 3.64. The summed E-state index contributed by atoms with van der Waals surface area (Å²) in [6, 6.07) is 16.1. The van der Waals surface area contributed by atoms with Crippen LogP contribution in [0.2, 0.25) is 0 Å². The van der Waals surface area contributed by atoms with Crippen molar-refractivity contribution in [2.45, 2.75) is 26.1 Å². The molecule has 2 aromatic rings. The van der Waals surface area contributed by atoms with Gasteiger partial charge in [-0.25, -0.2) is 0 Å². The number of rotatable bonds is 8. The average Bonchev–Trinajstić information content (AvgIpc) is 2.78. The molecule has 1 unspecified atom stereocenters. The zero-order valence-corrected chi connectivity index (χ0v) is 17.6. The highest BCUT2D eigenvalue weighted by molar-refractivity contribution is 5.81. The van der Waals surface area contributed by atoms with E-state index in [9.17, 15) is 4.79 Å². The summed E-state index contributed by atoms with van der Waals surface area (Å²) in [5.74, 6) is 1.41. The Labute approximate surface area is 173 Å². The van der Waals surface area contributed by atoms with Gasteiger partial charge in [-0.1, -0.05) is 36.4 Å². The van der Waals surface area contributed by atoms with Gasteiger partial charge in [0, 0.05) is 39.3 Å². The lowest BCUT2D eigenvalue weighted by Gasteiger charge is -2.37. The minimum atomic E-state index is -0.144. The Hall–Kier alpha value is -2.57. The first kappa shape index (κ1) is 21.1. The van der Waals surface area contributed by atoms with E-state index in [1.54, 1.807) is 14.2 Å². The van der Waals surface area contributed by atoms with Crippen LogP contribution in [-0.4, -0.2) is 62.1 Å². The van der Waals surface area contributed by atoms with Gasteiger partial charge < -0.3 is 14.8 Å². The summed E-state index contributed by atoms with van der Waals surface area (Å²) in [6.45, 7) is 7.17. The van der Waals surface area contributed by atoms with Gasteiger partial charge in [-0.15, -0.1) is 0 Å². The second kappa shape index (κ2) is 10.3. The number of hydrogen-bond acceptors (Lipinski definition) is 5. The quantitative estimate of drug-likeness (QED) is 0.742. The molecule has 0 aromatic heterocycles. The van der Waals surface area contributed by atoms with Crippen LogP contribution in [0, 0.1) is 0 Å². The van der Waals surface area contributed by atoms with Crippen molar-refractivity contribution in [2.24, 2.45) is 0 Å². The molecule has 0 bridgehead atoms. The molecule has 6 nitrogen and oxygen atoms in total. The summed E-state index contributed by atoms with van der Waals surface area (Å²) in [5, 5.41) is 3.05. The molecule has 156 valence electrons. The van der Waals surface area contributed by atoms with E-state index in [0.717, 1.165) is 38.3 Å². The Morgan fingerprint density at radius 3 is 2.31 bits per heavy atom. The Morgan fingerprint density at radius 2 is 1.66 bits per heavy atom. The van der Waals surface area contributed by atoms with Crippen molar-refractivity contribution in [1.82, 2.24) is 15.1 Å². The number of ether oxygens (including phenoxy) is 2. The molecule has 3 rings (SSSR count). The third kappa shape index (κ3) is 5.71. The normalized spacial score (nSPS) is 16.2. The first-order chi connectivity index (χ1) is 14.1. The van der Waals surface area contributed by atoms with Crippen molar-refractivity contribution in [2.75, 3.05) is 40.4 Å². The highest BCUT2D eigenvalue weighted by Gasteiger charge is 2.25. The molecule has 2 aromatic carbocycles. The Balaban J connectivity index is 1.46. The van der Waals surface area contributed by atoms with E-state index in [-0.39, 0.29) is 11.9 Å². The number of nitrogens with zero attached hydrogens (tertiary/aromatic N) is 2. The molecule has 0 saturated carbocycles. The lowest BCUT2D eigenvalue weighted by atomic mass is 10.1. The van der Waals surface area contributed by atoms with Gasteiger partial charge in [-0.05, 0) is 30.2 Å². The molecule has 1 atom stereocenters. The maximum Gasteiger partial charge on any atom is 0.237 e. The molecular formula is C23H31N3O3. The van der Waals surface area contributed by atoms with E-state index in [4.69, 9.17) is 9.47 Å². The summed E-state index contributed by atoms with van der Waals surface area (Å²) in [6.07, 6.45) is 0. The van der Waals surface area contributed by atoms with Crippen LogP contribution in [-0.2, 0) is 17.9 Å². The van der Waals surface area contributed by atoms with E-state index < -0.39 is 0 Å². The fourth-order valence-electron chi connectivity index (χ4n) is 3.64. The van der Waals surface area contributed by atoms with Crippen molar-refractivity contribution in [3.8, 4) is 11.5 Å². The van der Waals surface area contributed by atoms with E-state index in [1.807, 2.05) is 31.2 Å². The van der Waals surface area contributed by atoms with E-state index in [1.165, 1.54) is 5.56 Å². The van der Waals surface area contributed by atoms with Gasteiger partial charge in [-0.2, -0.15) is 0 Å². The molecule has 0 spiro atoms. The van der Waals surface area contributed by atoms with Crippen LogP contribution >= 0.6 is 0 Å². The van der Waals surface area contributed by atoms with E-state index in [0.29, 0.717) is 18.0 Å². The smallest absolute Gasteiger partial charge is 0.237 e. The summed E-state index contributed by atoms with van der Waals surface area (Å²) in [7, 11) is 3.22. The highest BCUT2D eigenvalue weighted by Crippen LogP contribution is 2.27. The first-order valence-corrected chi connectivity index (χ1v) is 10.1. The zero-order valence-electron chi connectivity index (χ0n) is 17.6. The monoisotopic (exact) mass is 397 g/mol. The number of carbonyl (C=O) groups is 1. The van der Waals surface area contributed by atoms with Crippen LogP contribution in [0.3, 0.4) is 0 Å². The molecular weight excluding hydrogens is 366 g/mol. The Morgan fingerprint density at radius 1 is 0.966 bits per heavy atom. The van der Waals surface area contributed by atoms with Gasteiger partial charge in [0.05, 0.1) is 20.3 Å². The van der Waals surface area contributed by atoms with Crippen LogP contribution in [0.15, 0.2) is 48.5 Å². The van der Waals surface area contributed by atoms with Gasteiger partial charge in [0.15, 0.2) is 11.5 Å². The molecule has 0 radical (unpaired) electrons. The topological polar surface area (TPSA) is 54.0 Å². The van der Waals surface area contributed by atoms with Gasteiger partial charge >= 0.3 is 0 Å². The average molecular weight is 398 g/mol. The number of carbonyl (C=O) groups excluding carboxylic acids is 1. The van der Waals surface area contributed by atoms with Crippen molar-refractivity contribution in [3.05, 3.63) is 59.7 Å². The molecule has 1 fully saturated rings. The predicted molar refractivity (Wildman–Crippen MR) is 114 cm³/mol. The van der Waals surface area contributed by atoms with Gasteiger partial charge in [-0.3, -0.25) is 14.6 Å². The van der Waals surface area contributed by atoms with Crippen molar-refractivity contribution >= 4 is 5.91 Å². The Kier molecular flexibility index (Phi) is 7.49. The number of piperazine rings is 1. The van der Waals surface area contributed by atoms with Crippen LogP contribution < -0.4 is 14.8 Å². The molecule has 29 heavy (non-hydrogen) atoms. The van der Waals surface area contributed by atoms with E-state index in [2.05, 4.69) is 39.4 Å². The van der Waals surface area contributed by atoms with Crippen molar-refractivity contribution in [1.29, 1.82) is 0 Å². The minimum absolute atomic E-state index is 0.0521. The van der Waals surface area contributed by atoms with Crippen molar-refractivity contribution < 1.29 is 14.3 Å². The standard InChI is InChI=1S/C23H31N3O3/c1-18(23(27)24-16-20-9-10-21(28-2)22(15-20)29-3)26-13-11-25(12-14-26)17-19-7-5-4-6-8-19/h4-10,15,18H,11-14,16-17H2,1-3H3,(H,24,27). The van der Waals surface area contributed by atoms with Crippen LogP contribution in [0.5, 0.6) is 11.5 Å². The predicted octanol–water partition coefficient (Wildman–Crippen LogP) is 2.53. The van der Waals surface area contributed by atoms with Crippen LogP contribution in [0.1, 0.15) is 18.1 Å². The Bertz CT molecular complexity index is 789. The van der Waals surface area contributed by atoms with E-state index >= 15 is 0 Å². The minimum Gasteiger partial charge on any atom is -0.493 e. The molecule has 0 aliphatic carbocycles. The summed E-state index contributed by atoms with van der Waals surface area (Å²) >= 11 is 0. The number of amides is 1. The van der Waals surface area contributed by atoms with Gasteiger partial charge in [0.2, 0.25) is 5.91 Å². The molecule has 1 aliphatic rings. The largest absolute Gasteiger partial charge is 0.493 e. The zero-order chi connectivity index (χ0) is 20.6. The summed E-state index contributed by atoms with van der Waals surface area (Å²) in [4.78, 5) is 17.3. The second-order valence-corrected chi connectivity index (χ2v) is 7.38. The van der Waals surface area contributed by atoms with Gasteiger partial charge in [0.1, 0.15) is 0 Å². The third-order valence-corrected chi connectivity index (χ3v) is 5.50. The SMILES string of the molecule is COc1ccc(CNC(=O)C(C)N2CCN(Cc3ccccc3)CC2)cc1OC. The second-order valence-electron chi connectivity index (χ2n) is 7.38. The number of benzene rings is 2. The lowest BCUT2D eigenvalue weighted by molar-refractivity contribution is -0.126. The molecule has 1 N–H and O–H groups in total. The maximum atomic E-state index is 12.6. The third-order valence-electron chi connectivity index (χ3n) is 5.50. The molecule has 1 saturated heterocycles. The van der Waals surface area contributed by atoms with Crippen LogP contribution in [0.4, 0.5) is 0 Å². The van der Waals surface area contributed by atoms with Crippen LogP contribution in [0.25, 0.3) is 0 Å².